The van der Waals surface area contributed by atoms with Crippen LogP contribution in [0.25, 0.3) is 0 Å². The summed E-state index contributed by atoms with van der Waals surface area (Å²) < 4.78 is 5.39. The van der Waals surface area contributed by atoms with Crippen molar-refractivity contribution >= 4 is 11.8 Å². The zero-order chi connectivity index (χ0) is 15.2. The van der Waals surface area contributed by atoms with Crippen molar-refractivity contribution in [3.8, 4) is 0 Å². The molecule has 0 bridgehead atoms. The van der Waals surface area contributed by atoms with E-state index in [-0.39, 0.29) is 11.8 Å². The second-order valence-corrected chi connectivity index (χ2v) is 6.10. The first kappa shape index (κ1) is 16.2. The van der Waals surface area contributed by atoms with Gasteiger partial charge in [-0.05, 0) is 25.7 Å². The van der Waals surface area contributed by atoms with Crippen LogP contribution in [0.4, 0.5) is 0 Å². The summed E-state index contributed by atoms with van der Waals surface area (Å²) in [5.41, 5.74) is 0. The minimum atomic E-state index is -0.426. The highest BCUT2D eigenvalue weighted by Gasteiger charge is 2.26. The van der Waals surface area contributed by atoms with Gasteiger partial charge in [-0.2, -0.15) is 0 Å². The predicted octanol–water partition coefficient (Wildman–Crippen LogP) is 0.0818. The van der Waals surface area contributed by atoms with E-state index in [9.17, 15) is 9.59 Å². The monoisotopic (exact) mass is 297 g/mol. The Hall–Kier alpha value is -1.14. The van der Waals surface area contributed by atoms with Gasteiger partial charge in [0.15, 0.2) is 0 Å². The summed E-state index contributed by atoms with van der Waals surface area (Å²) >= 11 is 0. The van der Waals surface area contributed by atoms with Gasteiger partial charge < -0.3 is 15.0 Å². The van der Waals surface area contributed by atoms with Gasteiger partial charge in [0.25, 0.3) is 0 Å². The predicted molar refractivity (Wildman–Crippen MR) is 79.8 cm³/mol. The second-order valence-electron chi connectivity index (χ2n) is 6.10. The Morgan fingerprint density at radius 1 is 1.19 bits per heavy atom. The van der Waals surface area contributed by atoms with Gasteiger partial charge in [-0.3, -0.25) is 14.5 Å². The molecule has 2 amide bonds. The van der Waals surface area contributed by atoms with Crippen molar-refractivity contribution in [2.24, 2.45) is 5.92 Å². The van der Waals surface area contributed by atoms with Gasteiger partial charge in [0.2, 0.25) is 11.8 Å². The molecule has 0 aromatic heterocycles. The highest BCUT2D eigenvalue weighted by Crippen LogP contribution is 2.17. The molecular formula is C15H27N3O3. The Bertz CT molecular complexity index is 361. The molecule has 0 aliphatic carbocycles. The van der Waals surface area contributed by atoms with Crippen molar-refractivity contribution in [3.05, 3.63) is 0 Å². The van der Waals surface area contributed by atoms with Gasteiger partial charge in [-0.1, -0.05) is 0 Å². The molecule has 2 aliphatic heterocycles. The average molecular weight is 297 g/mol. The highest BCUT2D eigenvalue weighted by atomic mass is 16.5. The molecule has 0 aromatic carbocycles. The van der Waals surface area contributed by atoms with Crippen molar-refractivity contribution in [2.45, 2.75) is 32.7 Å². The molecule has 21 heavy (non-hydrogen) atoms. The zero-order valence-corrected chi connectivity index (χ0v) is 13.1. The molecule has 2 fully saturated rings. The van der Waals surface area contributed by atoms with E-state index >= 15 is 0 Å². The van der Waals surface area contributed by atoms with Gasteiger partial charge in [-0.15, -0.1) is 0 Å². The summed E-state index contributed by atoms with van der Waals surface area (Å²) in [6, 6.07) is -0.426. The molecule has 0 spiro atoms. The first-order valence-electron chi connectivity index (χ1n) is 7.92. The van der Waals surface area contributed by atoms with Crippen LogP contribution in [0.3, 0.4) is 0 Å². The molecule has 6 heteroatoms. The van der Waals surface area contributed by atoms with Crippen LogP contribution < -0.4 is 5.32 Å². The quantitative estimate of drug-likeness (QED) is 0.798. The number of carbonyl (C=O) groups excluding carboxylic acids is 2. The van der Waals surface area contributed by atoms with E-state index in [0.29, 0.717) is 0 Å². The van der Waals surface area contributed by atoms with Gasteiger partial charge in [0.05, 0.1) is 0 Å². The Kier molecular flexibility index (Phi) is 5.99. The number of carbonyl (C=O) groups is 2. The maximum Gasteiger partial charge on any atom is 0.244 e. The van der Waals surface area contributed by atoms with Crippen LogP contribution in [0, 0.1) is 5.92 Å². The fourth-order valence-corrected chi connectivity index (χ4v) is 3.09. The smallest absolute Gasteiger partial charge is 0.244 e. The van der Waals surface area contributed by atoms with Crippen LogP contribution in [-0.4, -0.2) is 73.6 Å². The third-order valence-corrected chi connectivity index (χ3v) is 4.33. The fourth-order valence-electron chi connectivity index (χ4n) is 3.09. The third-order valence-electron chi connectivity index (χ3n) is 4.33. The molecule has 2 heterocycles. The van der Waals surface area contributed by atoms with Gasteiger partial charge in [-0.25, -0.2) is 0 Å². The van der Waals surface area contributed by atoms with Crippen LogP contribution in [0.5, 0.6) is 0 Å². The minimum absolute atomic E-state index is 0.0240. The number of hydrogen-bond donors (Lipinski definition) is 1. The van der Waals surface area contributed by atoms with Crippen LogP contribution in [0.1, 0.15) is 26.7 Å². The van der Waals surface area contributed by atoms with Crippen molar-refractivity contribution < 1.29 is 14.3 Å². The van der Waals surface area contributed by atoms with Crippen molar-refractivity contribution in [1.29, 1.82) is 0 Å². The molecule has 2 rings (SSSR count). The molecule has 2 saturated heterocycles. The summed E-state index contributed by atoms with van der Waals surface area (Å²) in [6.07, 6.45) is 2.30. The lowest BCUT2D eigenvalue weighted by Crippen LogP contribution is -2.54. The summed E-state index contributed by atoms with van der Waals surface area (Å²) in [5.74, 6) is 0.601. The minimum Gasteiger partial charge on any atom is -0.381 e. The van der Waals surface area contributed by atoms with E-state index in [0.717, 1.165) is 64.7 Å². The molecule has 0 aromatic rings. The van der Waals surface area contributed by atoms with Gasteiger partial charge >= 0.3 is 0 Å². The SMILES string of the molecule is CC(=O)NC(C)C(=O)N1CCN(CC2CCOCC2)CC1. The first-order chi connectivity index (χ1) is 10.1. The molecule has 0 radical (unpaired) electrons. The summed E-state index contributed by atoms with van der Waals surface area (Å²) in [4.78, 5) is 27.5. The Morgan fingerprint density at radius 3 is 2.38 bits per heavy atom. The molecule has 0 saturated carbocycles. The topological polar surface area (TPSA) is 61.9 Å². The normalized spacial score (nSPS) is 22.9. The molecule has 1 N–H and O–H groups in total. The molecular weight excluding hydrogens is 270 g/mol. The van der Waals surface area contributed by atoms with Gasteiger partial charge in [0, 0.05) is 52.9 Å². The maximum absolute atomic E-state index is 12.2. The first-order valence-corrected chi connectivity index (χ1v) is 7.92. The number of nitrogens with one attached hydrogen (secondary N) is 1. The standard InChI is InChI=1S/C15H27N3O3/c1-12(16-13(2)19)15(20)18-7-5-17(6-8-18)11-14-3-9-21-10-4-14/h12,14H,3-11H2,1-2H3,(H,16,19). The number of hydrogen-bond acceptors (Lipinski definition) is 4. The number of ether oxygens (including phenoxy) is 1. The summed E-state index contributed by atoms with van der Waals surface area (Å²) in [7, 11) is 0. The zero-order valence-electron chi connectivity index (χ0n) is 13.1. The highest BCUT2D eigenvalue weighted by molar-refractivity contribution is 5.86. The van der Waals surface area contributed by atoms with Crippen LogP contribution in [0.2, 0.25) is 0 Å². The molecule has 1 unspecified atom stereocenters. The van der Waals surface area contributed by atoms with Crippen molar-refractivity contribution in [3.63, 3.8) is 0 Å². The van der Waals surface area contributed by atoms with E-state index in [2.05, 4.69) is 10.2 Å². The van der Waals surface area contributed by atoms with Crippen LogP contribution in [-0.2, 0) is 14.3 Å². The molecule has 6 nitrogen and oxygen atoms in total. The summed E-state index contributed by atoms with van der Waals surface area (Å²) in [6.45, 7) is 9.44. The van der Waals surface area contributed by atoms with Gasteiger partial charge in [0.1, 0.15) is 6.04 Å². The lowest BCUT2D eigenvalue weighted by atomic mass is 9.99. The van der Waals surface area contributed by atoms with E-state index in [1.165, 1.54) is 6.92 Å². The lowest BCUT2D eigenvalue weighted by Gasteiger charge is -2.38. The van der Waals surface area contributed by atoms with Crippen molar-refractivity contribution in [1.82, 2.24) is 15.1 Å². The van der Waals surface area contributed by atoms with E-state index < -0.39 is 6.04 Å². The maximum atomic E-state index is 12.2. The average Bonchev–Trinajstić information content (AvgIpc) is 2.47. The molecule has 2 aliphatic rings. The van der Waals surface area contributed by atoms with Crippen molar-refractivity contribution in [2.75, 3.05) is 45.9 Å². The van der Waals surface area contributed by atoms with E-state index in [1.807, 2.05) is 4.90 Å². The van der Waals surface area contributed by atoms with E-state index in [4.69, 9.17) is 4.74 Å². The number of nitrogens with zero attached hydrogens (tertiary/aromatic N) is 2. The summed E-state index contributed by atoms with van der Waals surface area (Å²) in [5, 5.41) is 2.66. The number of rotatable bonds is 4. The van der Waals surface area contributed by atoms with Crippen LogP contribution in [0.15, 0.2) is 0 Å². The third kappa shape index (κ3) is 4.97. The fraction of sp³-hybridized carbons (Fsp3) is 0.867. The van der Waals surface area contributed by atoms with E-state index in [1.54, 1.807) is 6.92 Å². The second kappa shape index (κ2) is 7.75. The largest absolute Gasteiger partial charge is 0.381 e. The lowest BCUT2D eigenvalue weighted by molar-refractivity contribution is -0.137. The number of piperazine rings is 1. The molecule has 1 atom stereocenters. The van der Waals surface area contributed by atoms with Crippen LogP contribution >= 0.6 is 0 Å². The number of amides is 2. The Labute approximate surface area is 126 Å². The molecule has 120 valence electrons. The Balaban J connectivity index is 1.72. The Morgan fingerprint density at radius 2 is 1.81 bits per heavy atom.